The second-order valence-electron chi connectivity index (χ2n) is 26.8. The predicted molar refractivity (Wildman–Crippen MR) is 410 cm³/mol. The van der Waals surface area contributed by atoms with Crippen molar-refractivity contribution >= 4 is 146 Å². The zero-order chi connectivity index (χ0) is 68.2. The first kappa shape index (κ1) is 72.9. The number of nitriles is 2. The maximum absolute atomic E-state index is 16.2. The Morgan fingerprint density at radius 2 is 0.814 bits per heavy atom. The molecule has 0 radical (unpaired) electrons. The van der Waals surface area contributed by atoms with Crippen LogP contribution in [-0.2, 0) is 0 Å². The number of carbonyl (C=O) groups excluding carboxylic acids is 4. The molecule has 2 aliphatic heterocycles. The third-order valence-corrected chi connectivity index (χ3v) is 26.3. The molecule has 10 rings (SSSR count). The minimum Gasteiger partial charge on any atom is -0.274 e. The Morgan fingerprint density at radius 3 is 1.23 bits per heavy atom. The van der Waals surface area contributed by atoms with Gasteiger partial charge in [0.25, 0.3) is 23.6 Å². The van der Waals surface area contributed by atoms with Gasteiger partial charge in [0.2, 0.25) is 0 Å². The lowest BCUT2D eigenvalue weighted by Crippen LogP contribution is -2.45. The molecule has 506 valence electrons. The van der Waals surface area contributed by atoms with Crippen LogP contribution in [-0.4, -0.2) is 46.5 Å². The first-order chi connectivity index (χ1) is 47.4. The number of amides is 4. The van der Waals surface area contributed by atoms with Gasteiger partial charge in [-0.05, 0) is 104 Å². The van der Waals surface area contributed by atoms with E-state index in [1.807, 2.05) is 54.6 Å². The minimum atomic E-state index is -0.396. The number of benzene rings is 2. The van der Waals surface area contributed by atoms with Gasteiger partial charge in [-0.2, -0.15) is 20.2 Å². The van der Waals surface area contributed by atoms with Crippen LogP contribution in [0.15, 0.2) is 60.7 Å². The Morgan fingerprint density at radius 1 is 0.443 bits per heavy atom. The largest absolute Gasteiger partial charge is 0.536 e. The quantitative estimate of drug-likeness (QED) is 0.0214. The highest BCUT2D eigenvalue weighted by Gasteiger charge is 2.45. The summed E-state index contributed by atoms with van der Waals surface area (Å²) in [5.41, 5.74) is 1.59. The van der Waals surface area contributed by atoms with Crippen LogP contribution in [0, 0.1) is 47.6 Å². The van der Waals surface area contributed by atoms with Gasteiger partial charge >= 0.3 is 5.82 Å². The maximum atomic E-state index is 16.2. The third kappa shape index (κ3) is 17.8. The van der Waals surface area contributed by atoms with Crippen LogP contribution in [0.2, 0.25) is 0 Å². The Labute approximate surface area is 598 Å². The molecule has 0 fully saturated rings. The van der Waals surface area contributed by atoms with E-state index in [9.17, 15) is 10.5 Å². The average molecular weight is 1410 g/mol. The van der Waals surface area contributed by atoms with Crippen molar-refractivity contribution < 1.29 is 19.2 Å². The molecule has 0 saturated heterocycles. The summed E-state index contributed by atoms with van der Waals surface area (Å²) in [5.74, 6) is -1.37. The van der Waals surface area contributed by atoms with Crippen molar-refractivity contribution in [1.29, 1.82) is 10.5 Å². The van der Waals surface area contributed by atoms with Crippen LogP contribution in [0.1, 0.15) is 278 Å². The molecule has 0 aliphatic carbocycles. The molecule has 97 heavy (non-hydrogen) atoms. The van der Waals surface area contributed by atoms with Crippen LogP contribution in [0.25, 0.3) is 83.7 Å². The third-order valence-electron chi connectivity index (χ3n) is 19.4. The van der Waals surface area contributed by atoms with Crippen molar-refractivity contribution in [1.82, 2.24) is 9.80 Å². The van der Waals surface area contributed by atoms with Crippen molar-refractivity contribution in [2.75, 3.05) is 13.1 Å². The van der Waals surface area contributed by atoms with Gasteiger partial charge in [-0.25, -0.2) is 0 Å². The number of nitrogens with zero attached hydrogens (tertiary/aromatic N) is 6. The summed E-state index contributed by atoms with van der Waals surface area (Å²) in [4.78, 5) is 79.8. The molecule has 2 atom stereocenters. The summed E-state index contributed by atoms with van der Waals surface area (Å²) in [7, 11) is 0. The molecule has 2 aliphatic rings. The zero-order valence-corrected chi connectivity index (χ0v) is 62.1. The van der Waals surface area contributed by atoms with Crippen LogP contribution in [0.4, 0.5) is 0 Å². The van der Waals surface area contributed by atoms with Gasteiger partial charge in [-0.3, -0.25) is 29.0 Å². The van der Waals surface area contributed by atoms with E-state index >= 15 is 19.2 Å². The Hall–Kier alpha value is -6.86. The lowest BCUT2D eigenvalue weighted by atomic mass is 9.82. The molecule has 2 aromatic carbocycles. The van der Waals surface area contributed by atoms with E-state index in [1.165, 1.54) is 192 Å². The van der Waals surface area contributed by atoms with Gasteiger partial charge < -0.3 is 0 Å². The van der Waals surface area contributed by atoms with E-state index in [-0.39, 0.29) is 48.1 Å². The van der Waals surface area contributed by atoms with E-state index in [0.29, 0.717) is 62.3 Å². The highest BCUT2D eigenvalue weighted by Crippen LogP contribution is 2.53. The van der Waals surface area contributed by atoms with Gasteiger partial charge in [0.15, 0.2) is 0 Å². The Balaban J connectivity index is 1.08. The summed E-state index contributed by atoms with van der Waals surface area (Å²) in [6, 6.07) is 23.8. The molecule has 6 aromatic heterocycles. The normalized spacial score (nSPS) is 13.9. The summed E-state index contributed by atoms with van der Waals surface area (Å²) in [5, 5.41) is 21.3. The molecule has 4 amide bonds. The van der Waals surface area contributed by atoms with Crippen molar-refractivity contribution in [2.24, 2.45) is 11.8 Å². The monoisotopic (exact) mass is 1400 g/mol. The molecule has 0 bridgehead atoms. The molecule has 0 saturated carbocycles. The molecule has 0 N–H and O–H groups in total. The SMILES string of the molecule is [C-]#[N+]C([N+]#[C-])=c1cc/c(=C\c2ccc(-c3cc4c5c6c(c7sc(-c8ccc(/C=c9\ccc(=C(C#N)C#N)s9)s8)cc7c7c6c(c4s3)C(=O)N(CC(C)CCCCCCCCCCCC)C7=O)C(=O)N(CC(CCCCCCCCCC)CCCCCCCCCCCC)C5=O)s2)s1. The summed E-state index contributed by atoms with van der Waals surface area (Å²) < 4.78 is 4.32. The first-order valence-electron chi connectivity index (χ1n) is 36.1. The number of hydrogen-bond donors (Lipinski definition) is 0. The molecule has 16 heteroatoms. The van der Waals surface area contributed by atoms with Crippen molar-refractivity contribution in [3.63, 3.8) is 0 Å². The summed E-state index contributed by atoms with van der Waals surface area (Å²) in [6.07, 6.45) is 40.8. The fraction of sp³-hybridized carbons (Fsp3) is 0.481. The van der Waals surface area contributed by atoms with Gasteiger partial charge in [-0.15, -0.1) is 68.0 Å². The minimum absolute atomic E-state index is 0.0204. The standard InChI is InChI=1S/C81H92N6O4S6/c1-7-10-13-16-19-22-24-26-29-32-35-54(4)52-86-78(88)69-61-48-67(64-43-39-58(93-64)46-57-38-42-63(92-57)56(50-82)51-83)97-76(61)74-72-70(79(89)87(81(74)91)53-55(36-33-30-27-21-18-15-12-9-3)37-34-31-28-25-23-20-17-14-11-8-2)62-49-68(96-75(62)73(71(69)72)80(86)90)65-44-40-59(94-65)47-60-41-45-66(95-60)77(84-5)85-6/h38-49,54-55H,7-37,52-53H2,1-4H3/b57-46+,60-47+. The lowest BCUT2D eigenvalue weighted by Gasteiger charge is -2.35. The van der Waals surface area contributed by atoms with E-state index in [4.69, 9.17) is 13.1 Å². The lowest BCUT2D eigenvalue weighted by molar-refractivity contribution is 0.0564. The second-order valence-corrected chi connectivity index (χ2v) is 33.4. The number of rotatable bonds is 39. The molecule has 8 aromatic rings. The van der Waals surface area contributed by atoms with Crippen molar-refractivity contribution in [3.8, 4) is 31.6 Å². The smallest absolute Gasteiger partial charge is 0.274 e. The zero-order valence-electron chi connectivity index (χ0n) is 57.2. The van der Waals surface area contributed by atoms with E-state index in [1.54, 1.807) is 33.6 Å². The Kier molecular flexibility index (Phi) is 27.3. The highest BCUT2D eigenvalue weighted by atomic mass is 32.1. The van der Waals surface area contributed by atoms with Gasteiger partial charge in [-0.1, -0.05) is 207 Å². The number of carbonyl (C=O) groups is 4. The fourth-order valence-corrected chi connectivity index (χ4v) is 20.6. The number of thiophene rings is 6. The molecular weight excluding hydrogens is 1310 g/mol. The van der Waals surface area contributed by atoms with Crippen molar-refractivity contribution in [2.45, 2.75) is 227 Å². The van der Waals surface area contributed by atoms with Crippen LogP contribution < -0.4 is 18.1 Å². The number of hydrogen-bond acceptors (Lipinski definition) is 12. The number of fused-ring (bicyclic) bond motifs is 6. The Bertz CT molecular complexity index is 4290. The first-order valence-corrected chi connectivity index (χ1v) is 41.0. The number of unbranched alkanes of at least 4 members (excludes halogenated alkanes) is 25. The average Bonchev–Trinajstić information content (AvgIpc) is 1.64. The van der Waals surface area contributed by atoms with E-state index in [2.05, 4.69) is 61.7 Å². The summed E-state index contributed by atoms with van der Waals surface area (Å²) in [6.45, 7) is 24.5. The van der Waals surface area contributed by atoms with E-state index < -0.39 is 11.8 Å². The predicted octanol–water partition coefficient (Wildman–Crippen LogP) is 22.2. The highest BCUT2D eigenvalue weighted by molar-refractivity contribution is 7.27. The topological polar surface area (TPSA) is 131 Å². The van der Waals surface area contributed by atoms with Gasteiger partial charge in [0, 0.05) is 82.4 Å². The van der Waals surface area contributed by atoms with E-state index in [0.717, 1.165) is 96.1 Å². The molecule has 2 unspecified atom stereocenters. The van der Waals surface area contributed by atoms with Crippen LogP contribution in [0.5, 0.6) is 0 Å². The summed E-state index contributed by atoms with van der Waals surface area (Å²) >= 11 is 8.88. The second kappa shape index (κ2) is 36.3. The van der Waals surface area contributed by atoms with Gasteiger partial charge in [0.05, 0.1) is 26.8 Å². The van der Waals surface area contributed by atoms with Crippen molar-refractivity contribution in [3.05, 3.63) is 134 Å². The molecule has 10 nitrogen and oxygen atoms in total. The number of imide groups is 2. The van der Waals surface area contributed by atoms with Crippen LogP contribution in [0.3, 0.4) is 0 Å². The molecular formula is C81H92N6O4S6. The molecule has 0 spiro atoms. The van der Waals surface area contributed by atoms with Gasteiger partial charge in [0.1, 0.15) is 35.4 Å². The van der Waals surface area contributed by atoms with Crippen LogP contribution >= 0.6 is 68.0 Å². The molecule has 8 heterocycles. The fourth-order valence-electron chi connectivity index (χ4n) is 14.2. The maximum Gasteiger partial charge on any atom is 0.536 e.